The number of dihydropyridines is 1. The highest BCUT2D eigenvalue weighted by Crippen LogP contribution is 2.33. The molecule has 3 N–H and O–H groups in total. The van der Waals surface area contributed by atoms with E-state index < -0.39 is 0 Å². The first-order valence-corrected chi connectivity index (χ1v) is 6.11. The number of nitrogens with zero attached hydrogens (tertiary/aromatic N) is 2. The van der Waals surface area contributed by atoms with Crippen LogP contribution in [0.5, 0.6) is 0 Å². The highest BCUT2D eigenvalue weighted by Gasteiger charge is 2.26. The van der Waals surface area contributed by atoms with Gasteiger partial charge in [0, 0.05) is 30.2 Å². The summed E-state index contributed by atoms with van der Waals surface area (Å²) in [5.74, 6) is 0.420. The summed E-state index contributed by atoms with van der Waals surface area (Å²) >= 11 is 0. The van der Waals surface area contributed by atoms with Gasteiger partial charge in [-0.05, 0) is 24.1 Å². The van der Waals surface area contributed by atoms with Gasteiger partial charge in [-0.3, -0.25) is 0 Å². The molecule has 0 saturated carbocycles. The van der Waals surface area contributed by atoms with Gasteiger partial charge in [0.1, 0.15) is 17.5 Å². The number of anilines is 1. The second-order valence-electron chi connectivity index (χ2n) is 4.67. The van der Waals surface area contributed by atoms with Crippen LogP contribution in [0, 0.1) is 18.3 Å². The van der Waals surface area contributed by atoms with E-state index in [-0.39, 0.29) is 0 Å². The Bertz CT molecular complexity index is 674. The number of hydrogen-bond donors (Lipinski definition) is 2. The number of hydrogen-bond acceptors (Lipinski definition) is 4. The molecule has 0 aliphatic carbocycles. The highest BCUT2D eigenvalue weighted by molar-refractivity contribution is 5.68. The number of fused-ring (bicyclic) bond motifs is 1. The number of nitrogens with two attached hydrogens (primary N) is 1. The Morgan fingerprint density at radius 2 is 2.16 bits per heavy atom. The summed E-state index contributed by atoms with van der Waals surface area (Å²) in [5.41, 5.74) is 10.7. The van der Waals surface area contributed by atoms with Crippen LogP contribution < -0.4 is 16.0 Å². The summed E-state index contributed by atoms with van der Waals surface area (Å²) in [4.78, 5) is 2.15. The fourth-order valence-corrected chi connectivity index (χ4v) is 2.44. The number of nitriles is 1. The van der Waals surface area contributed by atoms with Gasteiger partial charge in [0.25, 0.3) is 0 Å². The van der Waals surface area contributed by atoms with Gasteiger partial charge in [0.2, 0.25) is 0 Å². The van der Waals surface area contributed by atoms with Crippen LogP contribution in [0.1, 0.15) is 5.56 Å². The molecule has 1 aromatic carbocycles. The molecule has 4 nitrogen and oxygen atoms in total. The zero-order chi connectivity index (χ0) is 13.4. The van der Waals surface area contributed by atoms with Gasteiger partial charge >= 0.3 is 0 Å². The minimum atomic E-state index is 0.420. The summed E-state index contributed by atoms with van der Waals surface area (Å²) < 4.78 is 0. The molecule has 0 saturated heterocycles. The molecule has 19 heavy (non-hydrogen) atoms. The molecule has 2 aliphatic heterocycles. The fourth-order valence-electron chi connectivity index (χ4n) is 2.44. The molecule has 2 aliphatic rings. The van der Waals surface area contributed by atoms with Crippen molar-refractivity contribution in [1.82, 2.24) is 5.32 Å². The molecule has 1 aromatic rings. The Kier molecular flexibility index (Phi) is 2.53. The molecule has 0 spiro atoms. The second-order valence-corrected chi connectivity index (χ2v) is 4.67. The van der Waals surface area contributed by atoms with Crippen LogP contribution in [0.15, 0.2) is 59.2 Å². The fraction of sp³-hybridized carbons (Fsp3) is 0.133. The van der Waals surface area contributed by atoms with Crippen LogP contribution in [0.2, 0.25) is 0 Å². The van der Waals surface area contributed by atoms with Gasteiger partial charge in [-0.1, -0.05) is 18.2 Å². The smallest absolute Gasteiger partial charge is 0.119 e. The van der Waals surface area contributed by atoms with E-state index in [0.29, 0.717) is 11.4 Å². The van der Waals surface area contributed by atoms with Crippen LogP contribution in [0.4, 0.5) is 5.69 Å². The normalized spacial score (nSPS) is 17.4. The van der Waals surface area contributed by atoms with Gasteiger partial charge in [-0.2, -0.15) is 5.26 Å². The summed E-state index contributed by atoms with van der Waals surface area (Å²) in [6, 6.07) is 10.4. The third-order valence-electron chi connectivity index (χ3n) is 3.45. The number of rotatable bonds is 1. The lowest BCUT2D eigenvalue weighted by Crippen LogP contribution is -2.22. The molecule has 0 unspecified atom stereocenters. The molecule has 0 radical (unpaired) electrons. The third kappa shape index (κ3) is 1.76. The second kappa shape index (κ2) is 4.21. The lowest BCUT2D eigenvalue weighted by molar-refractivity contribution is 0.961. The maximum absolute atomic E-state index is 9.21. The summed E-state index contributed by atoms with van der Waals surface area (Å²) in [6.45, 7) is 2.84. The number of benzene rings is 1. The molecular formula is C15H14N4. The van der Waals surface area contributed by atoms with Crippen molar-refractivity contribution < 1.29 is 0 Å². The molecule has 2 heterocycles. The maximum Gasteiger partial charge on any atom is 0.119 e. The zero-order valence-corrected chi connectivity index (χ0v) is 10.6. The minimum Gasteiger partial charge on any atom is -0.384 e. The van der Waals surface area contributed by atoms with Gasteiger partial charge in [-0.15, -0.1) is 0 Å². The third-order valence-corrected chi connectivity index (χ3v) is 3.45. The van der Waals surface area contributed by atoms with Crippen molar-refractivity contribution in [1.29, 1.82) is 5.26 Å². The van der Waals surface area contributed by atoms with E-state index >= 15 is 0 Å². The average molecular weight is 250 g/mol. The highest BCUT2D eigenvalue weighted by atomic mass is 15.1. The van der Waals surface area contributed by atoms with Gasteiger partial charge < -0.3 is 16.0 Å². The summed E-state index contributed by atoms with van der Waals surface area (Å²) in [7, 11) is 0. The topological polar surface area (TPSA) is 65.1 Å². The van der Waals surface area contributed by atoms with Crippen molar-refractivity contribution in [3.63, 3.8) is 0 Å². The van der Waals surface area contributed by atoms with Crippen molar-refractivity contribution in [2.45, 2.75) is 6.92 Å². The van der Waals surface area contributed by atoms with Gasteiger partial charge in [0.05, 0.1) is 0 Å². The molecule has 94 valence electrons. The summed E-state index contributed by atoms with van der Waals surface area (Å²) in [6.07, 6.45) is 3.88. The number of aryl methyl sites for hydroxylation is 1. The quantitative estimate of drug-likeness (QED) is 0.798. The Morgan fingerprint density at radius 1 is 1.37 bits per heavy atom. The lowest BCUT2D eigenvalue weighted by atomic mass is 10.0. The number of para-hydroxylation sites is 1. The van der Waals surface area contributed by atoms with Crippen LogP contribution in [-0.2, 0) is 0 Å². The first-order valence-electron chi connectivity index (χ1n) is 6.11. The monoisotopic (exact) mass is 250 g/mol. The SMILES string of the molecule is Cc1ccccc1N1C=C2C(=CNC(N)=C2C#N)C1. The van der Waals surface area contributed by atoms with Crippen molar-refractivity contribution >= 4 is 5.69 Å². The Balaban J connectivity index is 2.03. The molecule has 0 aromatic heterocycles. The largest absolute Gasteiger partial charge is 0.384 e. The number of allylic oxidation sites excluding steroid dienone is 1. The Hall–Kier alpha value is -2.67. The van der Waals surface area contributed by atoms with Crippen molar-refractivity contribution in [2.75, 3.05) is 11.4 Å². The van der Waals surface area contributed by atoms with E-state index in [1.165, 1.54) is 5.56 Å². The van der Waals surface area contributed by atoms with E-state index in [0.717, 1.165) is 23.4 Å². The van der Waals surface area contributed by atoms with E-state index in [1.54, 1.807) is 0 Å². The van der Waals surface area contributed by atoms with Crippen LogP contribution in [0.25, 0.3) is 0 Å². The first kappa shape index (κ1) is 11.4. The molecular weight excluding hydrogens is 236 g/mol. The van der Waals surface area contributed by atoms with Crippen LogP contribution in [0.3, 0.4) is 0 Å². The zero-order valence-electron chi connectivity index (χ0n) is 10.6. The first-order chi connectivity index (χ1) is 9.20. The van der Waals surface area contributed by atoms with Gasteiger partial charge in [0.15, 0.2) is 0 Å². The molecule has 0 amide bonds. The average Bonchev–Trinajstić information content (AvgIpc) is 2.83. The maximum atomic E-state index is 9.21. The minimum absolute atomic E-state index is 0.420. The number of nitrogens with one attached hydrogen (secondary N) is 1. The van der Waals surface area contributed by atoms with E-state index in [1.807, 2.05) is 24.5 Å². The van der Waals surface area contributed by atoms with Gasteiger partial charge in [-0.25, -0.2) is 0 Å². The Labute approximate surface area is 112 Å². The van der Waals surface area contributed by atoms with Crippen molar-refractivity contribution in [3.8, 4) is 6.07 Å². The Morgan fingerprint density at radius 3 is 2.89 bits per heavy atom. The van der Waals surface area contributed by atoms with Crippen LogP contribution in [-0.4, -0.2) is 6.54 Å². The molecule has 0 atom stereocenters. The van der Waals surface area contributed by atoms with E-state index in [9.17, 15) is 5.26 Å². The van der Waals surface area contributed by atoms with Crippen molar-refractivity contribution in [2.24, 2.45) is 5.73 Å². The predicted molar refractivity (Wildman–Crippen MR) is 74.7 cm³/mol. The predicted octanol–water partition coefficient (Wildman–Crippen LogP) is 1.88. The molecule has 0 fully saturated rings. The van der Waals surface area contributed by atoms with E-state index in [4.69, 9.17) is 5.73 Å². The van der Waals surface area contributed by atoms with E-state index in [2.05, 4.69) is 35.3 Å². The standard InChI is InChI=1S/C15H14N4/c1-10-4-2-3-5-14(10)19-8-11-7-18-15(17)12(6-16)13(11)9-19/h2-5,7,9,18H,8,17H2,1H3. The summed E-state index contributed by atoms with van der Waals surface area (Å²) in [5, 5.41) is 12.2. The lowest BCUT2D eigenvalue weighted by Gasteiger charge is -2.18. The molecule has 3 rings (SSSR count). The molecule has 0 bridgehead atoms. The molecule has 4 heteroatoms. The van der Waals surface area contributed by atoms with Crippen molar-refractivity contribution in [3.05, 3.63) is 64.8 Å². The van der Waals surface area contributed by atoms with Crippen LogP contribution >= 0.6 is 0 Å².